The molecule has 1 aliphatic rings. The van der Waals surface area contributed by atoms with Gasteiger partial charge in [-0.2, -0.15) is 5.10 Å². The zero-order chi connectivity index (χ0) is 26.4. The maximum Gasteiger partial charge on any atom is 0.120 e. The van der Waals surface area contributed by atoms with Crippen molar-refractivity contribution in [1.82, 2.24) is 9.78 Å². The number of hydrogen-bond donors (Lipinski definition) is 1. The lowest BCUT2D eigenvalue weighted by Gasteiger charge is -2.35. The zero-order valence-corrected chi connectivity index (χ0v) is 22.1. The first-order chi connectivity index (χ1) is 19.3. The summed E-state index contributed by atoms with van der Waals surface area (Å²) < 4.78 is 8.08. The van der Waals surface area contributed by atoms with Crippen molar-refractivity contribution >= 4 is 0 Å². The molecule has 0 unspecified atom stereocenters. The third-order valence-electron chi connectivity index (χ3n) is 7.83. The van der Waals surface area contributed by atoms with Crippen LogP contribution in [0.2, 0.25) is 0 Å². The van der Waals surface area contributed by atoms with E-state index in [2.05, 4.69) is 108 Å². The number of aliphatic hydroxyl groups is 1. The summed E-state index contributed by atoms with van der Waals surface area (Å²) in [6, 6.07) is 37.0. The quantitative estimate of drug-likeness (QED) is 0.223. The van der Waals surface area contributed by atoms with E-state index >= 15 is 0 Å². The minimum absolute atomic E-state index is 0.177. The van der Waals surface area contributed by atoms with Crippen LogP contribution in [0.1, 0.15) is 52.5 Å². The maximum atomic E-state index is 9.12. The highest BCUT2D eigenvalue weighted by atomic mass is 16.5. The number of nitrogens with zero attached hydrogens (tertiary/aromatic N) is 2. The van der Waals surface area contributed by atoms with Crippen LogP contribution in [-0.2, 0) is 19.6 Å². The summed E-state index contributed by atoms with van der Waals surface area (Å²) >= 11 is 0. The van der Waals surface area contributed by atoms with E-state index in [4.69, 9.17) is 9.84 Å². The van der Waals surface area contributed by atoms with E-state index in [0.29, 0.717) is 18.9 Å². The molecule has 1 N–H and O–H groups in total. The molecular weight excluding hydrogens is 480 g/mol. The molecule has 39 heavy (non-hydrogen) atoms. The summed E-state index contributed by atoms with van der Waals surface area (Å²) in [6.45, 7) is 1.48. The van der Waals surface area contributed by atoms with Crippen LogP contribution >= 0.6 is 0 Å². The Bertz CT molecular complexity index is 1490. The van der Waals surface area contributed by atoms with Crippen LogP contribution in [0.15, 0.2) is 116 Å². The molecule has 0 saturated heterocycles. The second-order valence-electron chi connectivity index (χ2n) is 10.4. The first-order valence-corrected chi connectivity index (χ1v) is 13.9. The smallest absolute Gasteiger partial charge is 0.120 e. The van der Waals surface area contributed by atoms with Gasteiger partial charge in [0.15, 0.2) is 0 Å². The molecule has 0 amide bonds. The van der Waals surface area contributed by atoms with Crippen molar-refractivity contribution < 1.29 is 9.84 Å². The van der Waals surface area contributed by atoms with Gasteiger partial charge in [0.25, 0.3) is 0 Å². The van der Waals surface area contributed by atoms with Gasteiger partial charge in [-0.3, -0.25) is 4.68 Å². The number of rotatable bonds is 9. The molecule has 0 aliphatic heterocycles. The Balaban J connectivity index is 1.29. The Hall–Kier alpha value is -4.15. The monoisotopic (exact) mass is 514 g/mol. The summed E-state index contributed by atoms with van der Waals surface area (Å²) in [4.78, 5) is 0. The lowest BCUT2D eigenvalue weighted by Crippen LogP contribution is -2.20. The first-order valence-electron chi connectivity index (χ1n) is 13.9. The maximum absolute atomic E-state index is 9.12. The lowest BCUT2D eigenvalue weighted by molar-refractivity contribution is 0.277. The Morgan fingerprint density at radius 2 is 1.59 bits per heavy atom. The molecule has 0 spiro atoms. The Labute approximate surface area is 230 Å². The number of aromatic nitrogens is 2. The highest BCUT2D eigenvalue weighted by molar-refractivity contribution is 5.62. The molecule has 2 atom stereocenters. The molecule has 5 aromatic rings. The van der Waals surface area contributed by atoms with Gasteiger partial charge in [0.1, 0.15) is 12.4 Å². The fourth-order valence-corrected chi connectivity index (χ4v) is 5.85. The second-order valence-corrected chi connectivity index (χ2v) is 10.4. The van der Waals surface area contributed by atoms with Crippen molar-refractivity contribution in [3.8, 4) is 16.9 Å². The van der Waals surface area contributed by atoms with E-state index in [9.17, 15) is 0 Å². The molecule has 1 aliphatic carbocycles. The first kappa shape index (κ1) is 25.1. The molecule has 0 radical (unpaired) electrons. The fraction of sp³-hybridized carbons (Fsp3) is 0.229. The van der Waals surface area contributed by atoms with Crippen molar-refractivity contribution in [3.63, 3.8) is 0 Å². The zero-order valence-electron chi connectivity index (χ0n) is 22.1. The number of benzene rings is 4. The number of ether oxygens (including phenoxy) is 1. The topological polar surface area (TPSA) is 47.3 Å². The predicted octanol–water partition coefficient (Wildman–Crippen LogP) is 7.37. The summed E-state index contributed by atoms with van der Waals surface area (Å²) in [5.41, 5.74) is 8.94. The summed E-state index contributed by atoms with van der Waals surface area (Å²) in [6.07, 6.45) is 6.82. The van der Waals surface area contributed by atoms with Gasteiger partial charge in [-0.15, -0.1) is 0 Å². The van der Waals surface area contributed by atoms with Crippen molar-refractivity contribution in [3.05, 3.63) is 143 Å². The third kappa shape index (κ3) is 5.67. The molecule has 0 saturated carbocycles. The van der Waals surface area contributed by atoms with E-state index < -0.39 is 0 Å². The van der Waals surface area contributed by atoms with Gasteiger partial charge >= 0.3 is 0 Å². The van der Waals surface area contributed by atoms with Gasteiger partial charge in [-0.05, 0) is 70.7 Å². The molecule has 4 nitrogen and oxygen atoms in total. The Morgan fingerprint density at radius 1 is 0.821 bits per heavy atom. The van der Waals surface area contributed by atoms with Crippen molar-refractivity contribution in [1.29, 1.82) is 0 Å². The molecule has 0 bridgehead atoms. The SMILES string of the molecule is OCCCn1cc(-c2ccc([C@@H]3c4ccc(OCc5ccccc5)cc4CC[C@@H]3c3ccccc3)cc2)cn1. The van der Waals surface area contributed by atoms with Crippen molar-refractivity contribution in [2.45, 2.75) is 44.2 Å². The van der Waals surface area contributed by atoms with E-state index in [-0.39, 0.29) is 12.5 Å². The second kappa shape index (κ2) is 11.7. The van der Waals surface area contributed by atoms with Gasteiger partial charge in [0, 0.05) is 30.8 Å². The van der Waals surface area contributed by atoms with E-state index in [1.807, 2.05) is 16.9 Å². The molecular formula is C35H34N2O2. The third-order valence-corrected chi connectivity index (χ3v) is 7.83. The van der Waals surface area contributed by atoms with Crippen LogP contribution < -0.4 is 4.74 Å². The van der Waals surface area contributed by atoms with Crippen LogP contribution in [0.3, 0.4) is 0 Å². The minimum atomic E-state index is 0.177. The molecule has 1 heterocycles. The molecule has 0 fully saturated rings. The van der Waals surface area contributed by atoms with Crippen LogP contribution in [0, 0.1) is 0 Å². The van der Waals surface area contributed by atoms with Crippen molar-refractivity contribution in [2.24, 2.45) is 0 Å². The number of hydrogen-bond acceptors (Lipinski definition) is 3. The van der Waals surface area contributed by atoms with Crippen LogP contribution in [-0.4, -0.2) is 21.5 Å². The standard InChI is InChI=1S/C35H34N2O2/c38-21-7-20-37-24-31(23-36-37)27-12-14-29(15-13-27)35-33(28-10-5-2-6-11-28)18-16-30-22-32(17-19-34(30)35)39-25-26-8-3-1-4-9-26/h1-6,8-15,17,19,22-24,33,35,38H,7,16,18,20-21,25H2/t33-,35+/m1/s1. The summed E-state index contributed by atoms with van der Waals surface area (Å²) in [5.74, 6) is 1.63. The van der Waals surface area contributed by atoms with Crippen LogP contribution in [0.5, 0.6) is 5.75 Å². The molecule has 196 valence electrons. The summed E-state index contributed by atoms with van der Waals surface area (Å²) in [7, 11) is 0. The van der Waals surface area contributed by atoms with Gasteiger partial charge in [-0.1, -0.05) is 91.0 Å². The number of aryl methyl sites for hydroxylation is 2. The number of fused-ring (bicyclic) bond motifs is 1. The van der Waals surface area contributed by atoms with Gasteiger partial charge < -0.3 is 9.84 Å². The normalized spacial score (nSPS) is 16.5. The highest BCUT2D eigenvalue weighted by Crippen LogP contribution is 2.47. The predicted molar refractivity (Wildman–Crippen MR) is 156 cm³/mol. The molecule has 6 rings (SSSR count). The van der Waals surface area contributed by atoms with E-state index in [1.165, 1.54) is 27.8 Å². The highest BCUT2D eigenvalue weighted by Gasteiger charge is 2.32. The van der Waals surface area contributed by atoms with Crippen LogP contribution in [0.25, 0.3) is 11.1 Å². The van der Waals surface area contributed by atoms with Gasteiger partial charge in [-0.25, -0.2) is 0 Å². The van der Waals surface area contributed by atoms with Crippen molar-refractivity contribution in [2.75, 3.05) is 6.61 Å². The summed E-state index contributed by atoms with van der Waals surface area (Å²) in [5, 5.41) is 13.6. The number of aliphatic hydroxyl groups excluding tert-OH is 1. The Kier molecular flexibility index (Phi) is 7.55. The van der Waals surface area contributed by atoms with Crippen LogP contribution in [0.4, 0.5) is 0 Å². The minimum Gasteiger partial charge on any atom is -0.489 e. The largest absolute Gasteiger partial charge is 0.489 e. The van der Waals surface area contributed by atoms with Gasteiger partial charge in [0.05, 0.1) is 6.20 Å². The molecule has 4 heteroatoms. The average molecular weight is 515 g/mol. The molecule has 4 aromatic carbocycles. The van der Waals surface area contributed by atoms with E-state index in [0.717, 1.165) is 36.3 Å². The Morgan fingerprint density at radius 3 is 2.36 bits per heavy atom. The average Bonchev–Trinajstić information content (AvgIpc) is 3.48. The lowest BCUT2D eigenvalue weighted by atomic mass is 9.69. The molecule has 1 aromatic heterocycles. The van der Waals surface area contributed by atoms with Gasteiger partial charge in [0.2, 0.25) is 0 Å². The fourth-order valence-electron chi connectivity index (χ4n) is 5.85. The van der Waals surface area contributed by atoms with E-state index in [1.54, 1.807) is 0 Å².